The quantitative estimate of drug-likeness (QED) is 0.739. The van der Waals surface area contributed by atoms with Crippen LogP contribution in [0.5, 0.6) is 0 Å². The van der Waals surface area contributed by atoms with Gasteiger partial charge >= 0.3 is 0 Å². The fourth-order valence-corrected chi connectivity index (χ4v) is 2.78. The number of likely N-dealkylation sites (N-methyl/N-ethyl adjacent to an activating group) is 1. The molecule has 0 saturated heterocycles. The molecule has 2 rings (SSSR count). The van der Waals surface area contributed by atoms with E-state index >= 15 is 0 Å². The summed E-state index contributed by atoms with van der Waals surface area (Å²) < 4.78 is 14.3. The summed E-state index contributed by atoms with van der Waals surface area (Å²) in [5.74, 6) is -0.0353. The first-order valence-corrected chi connectivity index (χ1v) is 8.17. The second-order valence-electron chi connectivity index (χ2n) is 5.01. The summed E-state index contributed by atoms with van der Waals surface area (Å²) in [7, 11) is 0. The van der Waals surface area contributed by atoms with Crippen molar-refractivity contribution < 1.29 is 4.39 Å². The summed E-state index contributed by atoms with van der Waals surface area (Å²) in [4.78, 5) is 0. The average Bonchev–Trinajstić information content (AvgIpc) is 2.48. The van der Waals surface area contributed by atoms with E-state index in [2.05, 4.69) is 40.3 Å². The molecule has 0 bridgehead atoms. The van der Waals surface area contributed by atoms with Crippen LogP contribution in [-0.4, -0.2) is 13.1 Å². The van der Waals surface area contributed by atoms with Crippen molar-refractivity contribution >= 4 is 27.5 Å². The van der Waals surface area contributed by atoms with Crippen LogP contribution in [0.3, 0.4) is 0 Å². The Hall–Kier alpha value is -0.900. The highest BCUT2D eigenvalue weighted by Crippen LogP contribution is 2.24. The van der Waals surface area contributed by atoms with Crippen molar-refractivity contribution in [3.63, 3.8) is 0 Å². The fourth-order valence-electron chi connectivity index (χ4n) is 2.31. The first-order chi connectivity index (χ1) is 10.1. The Morgan fingerprint density at radius 3 is 2.52 bits per heavy atom. The maximum atomic E-state index is 13.3. The van der Waals surface area contributed by atoms with Gasteiger partial charge in [0.2, 0.25) is 0 Å². The van der Waals surface area contributed by atoms with Crippen LogP contribution < -0.4 is 5.32 Å². The van der Waals surface area contributed by atoms with Crippen LogP contribution in [0.1, 0.15) is 24.0 Å². The zero-order valence-electron chi connectivity index (χ0n) is 11.9. The minimum atomic E-state index is -0.368. The third kappa shape index (κ3) is 4.80. The van der Waals surface area contributed by atoms with Gasteiger partial charge in [0.1, 0.15) is 5.82 Å². The third-order valence-electron chi connectivity index (χ3n) is 3.45. The molecule has 0 radical (unpaired) electrons. The Morgan fingerprint density at radius 2 is 1.90 bits per heavy atom. The molecule has 0 aromatic heterocycles. The van der Waals surface area contributed by atoms with Crippen molar-refractivity contribution in [1.82, 2.24) is 5.32 Å². The summed E-state index contributed by atoms with van der Waals surface area (Å²) in [6.45, 7) is 3.90. The van der Waals surface area contributed by atoms with Gasteiger partial charge in [-0.2, -0.15) is 0 Å². The molecule has 112 valence electrons. The standard InChI is InChI=1S/C17H18BrClFN/c1-2-21-11-14(13-4-6-15(18)7-5-13)9-12-3-8-17(20)16(19)10-12/h3-8,10,14,21H,2,9,11H2,1H3. The van der Waals surface area contributed by atoms with Gasteiger partial charge in [0, 0.05) is 16.9 Å². The lowest BCUT2D eigenvalue weighted by Crippen LogP contribution is -2.22. The normalized spacial score (nSPS) is 12.4. The molecular formula is C17H18BrClFN. The smallest absolute Gasteiger partial charge is 0.141 e. The number of hydrogen-bond donors (Lipinski definition) is 1. The molecule has 0 saturated carbocycles. The maximum absolute atomic E-state index is 13.3. The van der Waals surface area contributed by atoms with Crippen LogP contribution in [0, 0.1) is 5.82 Å². The largest absolute Gasteiger partial charge is 0.316 e. The lowest BCUT2D eigenvalue weighted by atomic mass is 9.92. The van der Waals surface area contributed by atoms with E-state index in [1.54, 1.807) is 12.1 Å². The first kappa shape index (κ1) is 16.5. The SMILES string of the molecule is CCNCC(Cc1ccc(F)c(Cl)c1)c1ccc(Br)cc1. The van der Waals surface area contributed by atoms with E-state index in [9.17, 15) is 4.39 Å². The van der Waals surface area contributed by atoms with E-state index in [0.717, 1.165) is 29.5 Å². The van der Waals surface area contributed by atoms with Gasteiger partial charge in [-0.3, -0.25) is 0 Å². The van der Waals surface area contributed by atoms with Crippen molar-refractivity contribution in [3.8, 4) is 0 Å². The third-order valence-corrected chi connectivity index (χ3v) is 4.27. The van der Waals surface area contributed by atoms with Crippen LogP contribution in [-0.2, 0) is 6.42 Å². The van der Waals surface area contributed by atoms with E-state index in [1.165, 1.54) is 11.6 Å². The summed E-state index contributed by atoms with van der Waals surface area (Å²) in [6.07, 6.45) is 0.828. The number of benzene rings is 2. The Labute approximate surface area is 138 Å². The molecule has 2 aromatic carbocycles. The van der Waals surface area contributed by atoms with Gasteiger partial charge in [0.25, 0.3) is 0 Å². The molecule has 2 aromatic rings. The molecule has 1 nitrogen and oxygen atoms in total. The Morgan fingerprint density at radius 1 is 1.19 bits per heavy atom. The van der Waals surface area contributed by atoms with Gasteiger partial charge < -0.3 is 5.32 Å². The molecule has 0 aliphatic carbocycles. The Balaban J connectivity index is 2.19. The van der Waals surface area contributed by atoms with E-state index in [0.29, 0.717) is 5.92 Å². The molecule has 0 aliphatic rings. The Bertz CT molecular complexity index is 586. The van der Waals surface area contributed by atoms with Crippen molar-refractivity contribution in [2.75, 3.05) is 13.1 Å². The van der Waals surface area contributed by atoms with E-state index < -0.39 is 0 Å². The Kier molecular flexibility index (Phi) is 6.22. The summed E-state index contributed by atoms with van der Waals surface area (Å²) in [5, 5.41) is 3.57. The molecule has 0 amide bonds. The van der Waals surface area contributed by atoms with Crippen LogP contribution in [0.4, 0.5) is 4.39 Å². The van der Waals surface area contributed by atoms with Crippen LogP contribution in [0.25, 0.3) is 0 Å². The lowest BCUT2D eigenvalue weighted by Gasteiger charge is -2.18. The highest BCUT2D eigenvalue weighted by molar-refractivity contribution is 9.10. The fraction of sp³-hybridized carbons (Fsp3) is 0.294. The predicted molar refractivity (Wildman–Crippen MR) is 90.5 cm³/mol. The molecule has 21 heavy (non-hydrogen) atoms. The van der Waals surface area contributed by atoms with Gasteiger partial charge in [0.05, 0.1) is 5.02 Å². The van der Waals surface area contributed by atoms with Gasteiger partial charge in [-0.1, -0.05) is 52.7 Å². The van der Waals surface area contributed by atoms with Gasteiger partial charge in [-0.05, 0) is 48.4 Å². The van der Waals surface area contributed by atoms with Gasteiger partial charge in [-0.25, -0.2) is 4.39 Å². The molecule has 1 unspecified atom stereocenters. The van der Waals surface area contributed by atoms with Crippen LogP contribution >= 0.6 is 27.5 Å². The van der Waals surface area contributed by atoms with E-state index in [1.807, 2.05) is 12.1 Å². The molecular weight excluding hydrogens is 353 g/mol. The number of halogens is 3. The molecule has 0 aliphatic heterocycles. The zero-order chi connectivity index (χ0) is 15.2. The molecule has 4 heteroatoms. The maximum Gasteiger partial charge on any atom is 0.141 e. The monoisotopic (exact) mass is 369 g/mol. The highest BCUT2D eigenvalue weighted by Gasteiger charge is 2.13. The number of hydrogen-bond acceptors (Lipinski definition) is 1. The second-order valence-corrected chi connectivity index (χ2v) is 6.33. The molecule has 1 atom stereocenters. The second kappa shape index (κ2) is 7.92. The topological polar surface area (TPSA) is 12.0 Å². The van der Waals surface area contributed by atoms with Crippen molar-refractivity contribution in [2.24, 2.45) is 0 Å². The predicted octanol–water partition coefficient (Wildman–Crippen LogP) is 5.18. The van der Waals surface area contributed by atoms with Crippen molar-refractivity contribution in [3.05, 3.63) is 68.9 Å². The minimum Gasteiger partial charge on any atom is -0.316 e. The van der Waals surface area contributed by atoms with Crippen LogP contribution in [0.2, 0.25) is 5.02 Å². The van der Waals surface area contributed by atoms with Crippen molar-refractivity contribution in [1.29, 1.82) is 0 Å². The summed E-state index contributed by atoms with van der Waals surface area (Å²) in [6, 6.07) is 13.3. The molecule has 0 heterocycles. The van der Waals surface area contributed by atoms with E-state index in [4.69, 9.17) is 11.6 Å². The molecule has 0 fully saturated rings. The van der Waals surface area contributed by atoms with Gasteiger partial charge in [0.15, 0.2) is 0 Å². The van der Waals surface area contributed by atoms with Crippen LogP contribution in [0.15, 0.2) is 46.9 Å². The zero-order valence-corrected chi connectivity index (χ0v) is 14.2. The molecule has 0 spiro atoms. The average molecular weight is 371 g/mol. The highest BCUT2D eigenvalue weighted by atomic mass is 79.9. The summed E-state index contributed by atoms with van der Waals surface area (Å²) >= 11 is 9.33. The first-order valence-electron chi connectivity index (χ1n) is 7.00. The lowest BCUT2D eigenvalue weighted by molar-refractivity contribution is 0.592. The number of nitrogens with one attached hydrogen (secondary N) is 1. The van der Waals surface area contributed by atoms with Crippen molar-refractivity contribution in [2.45, 2.75) is 19.3 Å². The minimum absolute atomic E-state index is 0.186. The molecule has 1 N–H and O–H groups in total. The van der Waals surface area contributed by atoms with E-state index in [-0.39, 0.29) is 10.8 Å². The number of rotatable bonds is 6. The van der Waals surface area contributed by atoms with Gasteiger partial charge in [-0.15, -0.1) is 0 Å². The summed E-state index contributed by atoms with van der Waals surface area (Å²) in [5.41, 5.74) is 2.31.